The van der Waals surface area contributed by atoms with Crippen molar-refractivity contribution in [3.63, 3.8) is 0 Å². The number of hydrogen-bond donors (Lipinski definition) is 1. The molecule has 2 heterocycles. The fourth-order valence-corrected chi connectivity index (χ4v) is 4.45. The molecule has 1 aliphatic heterocycles. The number of anilines is 3. The van der Waals surface area contributed by atoms with Crippen molar-refractivity contribution in [2.24, 2.45) is 0 Å². The second-order valence-corrected chi connectivity index (χ2v) is 9.29. The van der Waals surface area contributed by atoms with Crippen LogP contribution in [-0.4, -0.2) is 40.3 Å². The lowest BCUT2D eigenvalue weighted by molar-refractivity contribution is -0.141. The molecular weight excluding hydrogens is 458 g/mol. The Labute approximate surface area is 210 Å². The second kappa shape index (κ2) is 11.2. The molecule has 9 nitrogen and oxygen atoms in total. The number of nitrogens with zero attached hydrogens (tertiary/aromatic N) is 4. The van der Waals surface area contributed by atoms with E-state index in [1.54, 1.807) is 6.92 Å². The van der Waals surface area contributed by atoms with Gasteiger partial charge < -0.3 is 15.0 Å². The zero-order valence-corrected chi connectivity index (χ0v) is 21.1. The highest BCUT2D eigenvalue weighted by atomic mass is 16.5. The van der Waals surface area contributed by atoms with Crippen molar-refractivity contribution < 1.29 is 9.53 Å². The van der Waals surface area contributed by atoms with E-state index in [0.717, 1.165) is 40.2 Å². The van der Waals surface area contributed by atoms with Crippen molar-refractivity contribution in [1.29, 1.82) is 0 Å². The van der Waals surface area contributed by atoms with E-state index in [4.69, 9.17) is 4.74 Å². The topological polar surface area (TPSA) is 98.5 Å². The van der Waals surface area contributed by atoms with Gasteiger partial charge in [0.15, 0.2) is 0 Å². The molecule has 190 valence electrons. The molecule has 1 aromatic heterocycles. The molecule has 0 saturated carbocycles. The number of carbonyl (C=O) groups excluding carboxylic acids is 1. The first kappa shape index (κ1) is 25.2. The number of aryl methyl sites for hydroxylation is 1. The van der Waals surface area contributed by atoms with Gasteiger partial charge in [-0.05, 0) is 62.9 Å². The van der Waals surface area contributed by atoms with Gasteiger partial charge in [-0.25, -0.2) is 14.2 Å². The van der Waals surface area contributed by atoms with Crippen LogP contribution in [0, 0.1) is 6.92 Å². The minimum Gasteiger partial charge on any atom is -0.469 e. The first-order valence-corrected chi connectivity index (χ1v) is 12.3. The Morgan fingerprint density at radius 3 is 2.33 bits per heavy atom. The number of carbonyl (C=O) groups is 1. The van der Waals surface area contributed by atoms with Gasteiger partial charge in [0.2, 0.25) is 5.95 Å². The Kier molecular flexibility index (Phi) is 7.87. The first-order chi connectivity index (χ1) is 17.4. The lowest BCUT2D eigenvalue weighted by Crippen LogP contribution is -2.44. The van der Waals surface area contributed by atoms with Crippen molar-refractivity contribution in [2.75, 3.05) is 30.4 Å². The number of ether oxygens (including phenoxy) is 1. The maximum absolute atomic E-state index is 13.5. The van der Waals surface area contributed by atoms with Gasteiger partial charge in [-0.2, -0.15) is 4.98 Å². The van der Waals surface area contributed by atoms with Crippen molar-refractivity contribution in [2.45, 2.75) is 52.1 Å². The van der Waals surface area contributed by atoms with Crippen molar-refractivity contribution in [1.82, 2.24) is 14.1 Å². The van der Waals surface area contributed by atoms with E-state index >= 15 is 0 Å². The van der Waals surface area contributed by atoms with Crippen LogP contribution < -0.4 is 21.6 Å². The van der Waals surface area contributed by atoms with Crippen molar-refractivity contribution >= 4 is 23.3 Å². The molecule has 0 bridgehead atoms. The molecule has 0 amide bonds. The van der Waals surface area contributed by atoms with Crippen molar-refractivity contribution in [3.8, 4) is 0 Å². The van der Waals surface area contributed by atoms with E-state index in [9.17, 15) is 14.4 Å². The quantitative estimate of drug-likeness (QED) is 0.481. The zero-order valence-electron chi connectivity index (χ0n) is 21.1. The highest BCUT2D eigenvalue weighted by Gasteiger charge is 2.20. The van der Waals surface area contributed by atoms with Gasteiger partial charge in [0.25, 0.3) is 0 Å². The van der Waals surface area contributed by atoms with Crippen LogP contribution in [0.3, 0.4) is 0 Å². The lowest BCUT2D eigenvalue weighted by atomic mass is 10.1. The maximum atomic E-state index is 13.5. The van der Waals surface area contributed by atoms with Crippen LogP contribution in [0.25, 0.3) is 0 Å². The van der Waals surface area contributed by atoms with Gasteiger partial charge in [-0.1, -0.05) is 29.8 Å². The van der Waals surface area contributed by atoms with Crippen LogP contribution in [0.15, 0.2) is 58.1 Å². The van der Waals surface area contributed by atoms with Crippen LogP contribution in [-0.2, 0) is 16.1 Å². The summed E-state index contributed by atoms with van der Waals surface area (Å²) in [5.41, 5.74) is 2.60. The fraction of sp³-hybridized carbons (Fsp3) is 0.407. The van der Waals surface area contributed by atoms with Gasteiger partial charge in [0.05, 0.1) is 26.1 Å². The number of rotatable bonds is 8. The van der Waals surface area contributed by atoms with Gasteiger partial charge in [-0.3, -0.25) is 9.36 Å². The number of aromatic nitrogens is 3. The summed E-state index contributed by atoms with van der Waals surface area (Å²) in [6.45, 7) is 5.93. The summed E-state index contributed by atoms with van der Waals surface area (Å²) in [5, 5.41) is 3.16. The highest BCUT2D eigenvalue weighted by molar-refractivity contribution is 5.69. The van der Waals surface area contributed by atoms with Crippen LogP contribution in [0.1, 0.15) is 49.8 Å². The zero-order chi connectivity index (χ0) is 25.7. The van der Waals surface area contributed by atoms with E-state index in [0.29, 0.717) is 0 Å². The maximum Gasteiger partial charge on any atom is 0.355 e. The number of benzene rings is 2. The van der Waals surface area contributed by atoms with E-state index < -0.39 is 23.4 Å². The minimum absolute atomic E-state index is 0.109. The molecule has 3 aromatic rings. The van der Waals surface area contributed by atoms with E-state index in [1.165, 1.54) is 30.9 Å². The SMILES string of the molecule is COC(=O)C[C@H](C)n1c(=O)nc(Nc2ccc(N3CCCCC3)cc2)n(Cc2ccc(C)cc2)c1=O. The standard InChI is InChI=1S/C27H33N5O4/c1-19-7-9-21(10-8-19)18-31-25(29-26(34)32(27(31)35)20(2)17-24(33)36-3)28-22-11-13-23(14-12-22)30-15-5-4-6-16-30/h7-14,20H,4-6,15-18H2,1-3H3,(H,28,29,34)/t20-/m0/s1. The third kappa shape index (κ3) is 5.84. The van der Waals surface area contributed by atoms with Crippen LogP contribution >= 0.6 is 0 Å². The van der Waals surface area contributed by atoms with E-state index in [2.05, 4.69) is 15.2 Å². The summed E-state index contributed by atoms with van der Waals surface area (Å²) in [6.07, 6.45) is 3.55. The van der Waals surface area contributed by atoms with Gasteiger partial charge in [-0.15, -0.1) is 0 Å². The van der Waals surface area contributed by atoms with Crippen LogP contribution in [0.5, 0.6) is 0 Å². The third-order valence-corrected chi connectivity index (χ3v) is 6.54. The second-order valence-electron chi connectivity index (χ2n) is 9.29. The number of methoxy groups -OCH3 is 1. The molecular formula is C27H33N5O4. The van der Waals surface area contributed by atoms with Crippen molar-refractivity contribution in [3.05, 3.63) is 80.6 Å². The Hall–Kier alpha value is -3.88. The van der Waals surface area contributed by atoms with E-state index in [-0.39, 0.29) is 18.9 Å². The molecule has 1 saturated heterocycles. The molecule has 1 aliphatic rings. The monoisotopic (exact) mass is 491 g/mol. The third-order valence-electron chi connectivity index (χ3n) is 6.54. The number of hydrogen-bond acceptors (Lipinski definition) is 7. The molecule has 1 atom stereocenters. The molecule has 4 rings (SSSR count). The van der Waals surface area contributed by atoms with E-state index in [1.807, 2.05) is 55.5 Å². The summed E-state index contributed by atoms with van der Waals surface area (Å²) in [5.74, 6) is -0.354. The molecule has 2 aromatic carbocycles. The normalized spacial score (nSPS) is 14.4. The summed E-state index contributed by atoms with van der Waals surface area (Å²) >= 11 is 0. The Morgan fingerprint density at radius 2 is 1.69 bits per heavy atom. The molecule has 0 radical (unpaired) electrons. The Balaban J connectivity index is 1.68. The molecule has 9 heteroatoms. The average molecular weight is 492 g/mol. The fourth-order valence-electron chi connectivity index (χ4n) is 4.45. The summed E-state index contributed by atoms with van der Waals surface area (Å²) in [4.78, 5) is 44.8. The summed E-state index contributed by atoms with van der Waals surface area (Å²) in [6, 6.07) is 15.0. The molecule has 0 aliphatic carbocycles. The largest absolute Gasteiger partial charge is 0.469 e. The van der Waals surface area contributed by atoms with Crippen LogP contribution in [0.2, 0.25) is 0 Å². The highest BCUT2D eigenvalue weighted by Crippen LogP contribution is 2.23. The van der Waals surface area contributed by atoms with Gasteiger partial charge >= 0.3 is 17.3 Å². The number of esters is 1. The van der Waals surface area contributed by atoms with Gasteiger partial charge in [0, 0.05) is 24.5 Å². The minimum atomic E-state index is -0.719. The smallest absolute Gasteiger partial charge is 0.355 e. The number of nitrogens with one attached hydrogen (secondary N) is 1. The summed E-state index contributed by atoms with van der Waals surface area (Å²) in [7, 11) is 1.27. The molecule has 0 unspecified atom stereocenters. The Morgan fingerprint density at radius 1 is 1.03 bits per heavy atom. The Bertz CT molecular complexity index is 1310. The first-order valence-electron chi connectivity index (χ1n) is 12.3. The predicted molar refractivity (Wildman–Crippen MR) is 140 cm³/mol. The average Bonchev–Trinajstić information content (AvgIpc) is 2.88. The summed E-state index contributed by atoms with van der Waals surface area (Å²) < 4.78 is 7.15. The predicted octanol–water partition coefficient (Wildman–Crippen LogP) is 3.62. The number of piperidine rings is 1. The molecule has 1 N–H and O–H groups in total. The van der Waals surface area contributed by atoms with Gasteiger partial charge in [0.1, 0.15) is 0 Å². The lowest BCUT2D eigenvalue weighted by Gasteiger charge is -2.28. The molecule has 0 spiro atoms. The molecule has 1 fully saturated rings. The molecule has 36 heavy (non-hydrogen) atoms. The van der Waals surface area contributed by atoms with Crippen LogP contribution in [0.4, 0.5) is 17.3 Å².